The Labute approximate surface area is 145 Å². The zero-order valence-corrected chi connectivity index (χ0v) is 13.7. The number of rotatable bonds is 3. The average molecular weight is 376 g/mol. The molecule has 24 heavy (non-hydrogen) atoms. The van der Waals surface area contributed by atoms with Crippen molar-refractivity contribution in [3.63, 3.8) is 0 Å². The lowest BCUT2D eigenvalue weighted by molar-refractivity contribution is -0.137. The average Bonchev–Trinajstić information content (AvgIpc) is 2.52. The predicted molar refractivity (Wildman–Crippen MR) is 85.4 cm³/mol. The highest BCUT2D eigenvalue weighted by molar-refractivity contribution is 6.34. The van der Waals surface area contributed by atoms with Crippen LogP contribution in [0.5, 0.6) is 0 Å². The minimum atomic E-state index is -4.54. The Morgan fingerprint density at radius 2 is 1.92 bits per heavy atom. The SMILES string of the molecule is CN(/N=C/c1ncc(C(F)(F)F)cc1Cl)C(=O)c1ccccc1Cl. The number of carbonyl (C=O) groups excluding carboxylic acids is 1. The highest BCUT2D eigenvalue weighted by Crippen LogP contribution is 2.30. The van der Waals surface area contributed by atoms with Crippen molar-refractivity contribution in [2.75, 3.05) is 7.05 Å². The Balaban J connectivity index is 2.19. The monoisotopic (exact) mass is 375 g/mol. The molecule has 0 radical (unpaired) electrons. The number of hydrogen-bond acceptors (Lipinski definition) is 3. The Morgan fingerprint density at radius 3 is 2.50 bits per heavy atom. The number of hydrazone groups is 1. The second-order valence-electron chi connectivity index (χ2n) is 4.64. The number of aromatic nitrogens is 1. The van der Waals surface area contributed by atoms with E-state index < -0.39 is 17.6 Å². The minimum Gasteiger partial charge on any atom is -0.267 e. The highest BCUT2D eigenvalue weighted by Gasteiger charge is 2.31. The summed E-state index contributed by atoms with van der Waals surface area (Å²) in [5, 5.41) is 4.85. The number of benzene rings is 1. The first kappa shape index (κ1) is 18.2. The summed E-state index contributed by atoms with van der Waals surface area (Å²) in [4.78, 5) is 15.8. The fourth-order valence-electron chi connectivity index (χ4n) is 1.70. The van der Waals surface area contributed by atoms with Crippen molar-refractivity contribution < 1.29 is 18.0 Å². The van der Waals surface area contributed by atoms with Gasteiger partial charge < -0.3 is 0 Å². The van der Waals surface area contributed by atoms with Gasteiger partial charge in [0.1, 0.15) is 5.69 Å². The molecule has 2 aromatic rings. The quantitative estimate of drug-likeness (QED) is 0.585. The number of hydrogen-bond donors (Lipinski definition) is 0. The van der Waals surface area contributed by atoms with Crippen LogP contribution in [0.3, 0.4) is 0 Å². The largest absolute Gasteiger partial charge is 0.417 e. The smallest absolute Gasteiger partial charge is 0.267 e. The Bertz CT molecular complexity index is 794. The van der Waals surface area contributed by atoms with Gasteiger partial charge in [0.2, 0.25) is 0 Å². The molecule has 0 aliphatic rings. The van der Waals surface area contributed by atoms with E-state index in [1.165, 1.54) is 13.1 Å². The van der Waals surface area contributed by atoms with Crippen molar-refractivity contribution in [2.45, 2.75) is 6.18 Å². The molecule has 1 aromatic carbocycles. The van der Waals surface area contributed by atoms with Gasteiger partial charge in [-0.3, -0.25) is 9.78 Å². The van der Waals surface area contributed by atoms with E-state index in [0.717, 1.165) is 17.3 Å². The molecule has 1 aromatic heterocycles. The summed E-state index contributed by atoms with van der Waals surface area (Å²) >= 11 is 11.7. The Kier molecular flexibility index (Phi) is 5.46. The van der Waals surface area contributed by atoms with Crippen molar-refractivity contribution in [3.8, 4) is 0 Å². The predicted octanol–water partition coefficient (Wildman–Crippen LogP) is 4.51. The van der Waals surface area contributed by atoms with Crippen LogP contribution in [0, 0.1) is 0 Å². The number of pyridine rings is 1. The highest BCUT2D eigenvalue weighted by atomic mass is 35.5. The molecule has 0 aliphatic carbocycles. The molecule has 0 saturated carbocycles. The summed E-state index contributed by atoms with van der Waals surface area (Å²) in [5.74, 6) is -0.486. The molecule has 0 saturated heterocycles. The molecule has 0 bridgehead atoms. The van der Waals surface area contributed by atoms with E-state index in [2.05, 4.69) is 10.1 Å². The molecule has 0 fully saturated rings. The van der Waals surface area contributed by atoms with Gasteiger partial charge in [0.05, 0.1) is 27.4 Å². The third kappa shape index (κ3) is 4.24. The molecule has 126 valence electrons. The molecule has 0 aliphatic heterocycles. The second-order valence-corrected chi connectivity index (χ2v) is 5.46. The molecular weight excluding hydrogens is 366 g/mol. The summed E-state index contributed by atoms with van der Waals surface area (Å²) < 4.78 is 37.6. The van der Waals surface area contributed by atoms with Gasteiger partial charge >= 0.3 is 6.18 Å². The summed E-state index contributed by atoms with van der Waals surface area (Å²) in [6, 6.07) is 7.14. The molecule has 9 heteroatoms. The normalized spacial score (nSPS) is 11.8. The van der Waals surface area contributed by atoms with Crippen LogP contribution >= 0.6 is 23.2 Å². The summed E-state index contributed by atoms with van der Waals surface area (Å²) in [6.45, 7) is 0. The van der Waals surface area contributed by atoms with E-state index in [1.807, 2.05) is 0 Å². The third-order valence-corrected chi connectivity index (χ3v) is 3.58. The Morgan fingerprint density at radius 1 is 1.25 bits per heavy atom. The van der Waals surface area contributed by atoms with E-state index in [-0.39, 0.29) is 21.3 Å². The lowest BCUT2D eigenvalue weighted by Crippen LogP contribution is -2.21. The molecule has 0 spiro atoms. The fraction of sp³-hybridized carbons (Fsp3) is 0.133. The van der Waals surface area contributed by atoms with Crippen molar-refractivity contribution >= 4 is 35.3 Å². The first-order valence-corrected chi connectivity index (χ1v) is 7.25. The van der Waals surface area contributed by atoms with Gasteiger partial charge in [-0.05, 0) is 18.2 Å². The van der Waals surface area contributed by atoms with E-state index in [4.69, 9.17) is 23.2 Å². The topological polar surface area (TPSA) is 45.6 Å². The maximum atomic E-state index is 12.5. The van der Waals surface area contributed by atoms with Crippen LogP contribution in [0.4, 0.5) is 13.2 Å². The molecule has 0 atom stereocenters. The summed E-state index contributed by atoms with van der Waals surface area (Å²) in [6.07, 6.45) is -2.80. The molecule has 1 heterocycles. The van der Waals surface area contributed by atoms with Gasteiger partial charge in [-0.25, -0.2) is 5.01 Å². The second kappa shape index (κ2) is 7.19. The number of halogens is 5. The van der Waals surface area contributed by atoms with E-state index >= 15 is 0 Å². The maximum Gasteiger partial charge on any atom is 0.417 e. The van der Waals surface area contributed by atoms with Crippen molar-refractivity contribution in [1.82, 2.24) is 9.99 Å². The van der Waals surface area contributed by atoms with E-state index in [0.29, 0.717) is 6.20 Å². The van der Waals surface area contributed by atoms with Crippen LogP contribution in [-0.2, 0) is 6.18 Å². The molecular formula is C15H10Cl2F3N3O. The van der Waals surface area contributed by atoms with E-state index in [1.54, 1.807) is 18.2 Å². The van der Waals surface area contributed by atoms with Gasteiger partial charge in [0.15, 0.2) is 0 Å². The third-order valence-electron chi connectivity index (χ3n) is 2.95. The number of amides is 1. The minimum absolute atomic E-state index is 0.00322. The van der Waals surface area contributed by atoms with Crippen molar-refractivity contribution in [3.05, 3.63) is 63.4 Å². The Hall–Kier alpha value is -2.12. The van der Waals surface area contributed by atoms with Crippen LogP contribution < -0.4 is 0 Å². The first-order valence-electron chi connectivity index (χ1n) is 6.49. The zero-order chi connectivity index (χ0) is 17.9. The lowest BCUT2D eigenvalue weighted by atomic mass is 10.2. The molecule has 1 amide bonds. The standard InChI is InChI=1S/C15H10Cl2F3N3O/c1-23(14(24)10-4-2-3-5-11(10)16)22-8-13-12(17)6-9(7-21-13)15(18,19)20/h2-8H,1H3/b22-8+. The van der Waals surface area contributed by atoms with Gasteiger partial charge in [-0.2, -0.15) is 18.3 Å². The fourth-order valence-corrected chi connectivity index (χ4v) is 2.13. The van der Waals surface area contributed by atoms with Crippen LogP contribution in [-0.4, -0.2) is 29.2 Å². The molecule has 0 unspecified atom stereocenters. The van der Waals surface area contributed by atoms with Gasteiger partial charge in [-0.1, -0.05) is 35.3 Å². The van der Waals surface area contributed by atoms with Gasteiger partial charge in [0.25, 0.3) is 5.91 Å². The molecule has 0 N–H and O–H groups in total. The van der Waals surface area contributed by atoms with Crippen LogP contribution in [0.25, 0.3) is 0 Å². The molecule has 4 nitrogen and oxygen atoms in total. The van der Waals surface area contributed by atoms with Gasteiger partial charge in [0, 0.05) is 13.2 Å². The zero-order valence-electron chi connectivity index (χ0n) is 12.2. The van der Waals surface area contributed by atoms with Crippen molar-refractivity contribution in [2.24, 2.45) is 5.10 Å². The first-order chi connectivity index (χ1) is 11.2. The van der Waals surface area contributed by atoms with E-state index in [9.17, 15) is 18.0 Å². The van der Waals surface area contributed by atoms with Gasteiger partial charge in [-0.15, -0.1) is 0 Å². The van der Waals surface area contributed by atoms with Crippen LogP contribution in [0.2, 0.25) is 10.0 Å². The van der Waals surface area contributed by atoms with Crippen molar-refractivity contribution in [1.29, 1.82) is 0 Å². The number of carbonyl (C=O) groups is 1. The lowest BCUT2D eigenvalue weighted by Gasteiger charge is -2.12. The maximum absolute atomic E-state index is 12.5. The summed E-state index contributed by atoms with van der Waals surface area (Å²) in [7, 11) is 1.38. The molecule has 2 rings (SSSR count). The number of nitrogens with zero attached hydrogens (tertiary/aromatic N) is 3. The number of alkyl halides is 3. The van der Waals surface area contributed by atoms with Crippen LogP contribution in [0.15, 0.2) is 41.6 Å². The van der Waals surface area contributed by atoms with Crippen LogP contribution in [0.1, 0.15) is 21.6 Å². The summed E-state index contributed by atoms with van der Waals surface area (Å²) in [5.41, 5.74) is -0.723.